The first-order valence-corrected chi connectivity index (χ1v) is 3.79. The molecule has 0 saturated heterocycles. The average molecular weight is 215 g/mol. The summed E-state index contributed by atoms with van der Waals surface area (Å²) in [6, 6.07) is 1.23. The van der Waals surface area contributed by atoms with Gasteiger partial charge >= 0.3 is 11.7 Å². The zero-order chi connectivity index (χ0) is 11.6. The molecule has 15 heavy (non-hydrogen) atoms. The van der Waals surface area contributed by atoms with E-state index in [4.69, 9.17) is 10.2 Å². The van der Waals surface area contributed by atoms with E-state index in [0.717, 1.165) is 0 Å². The van der Waals surface area contributed by atoms with Gasteiger partial charge in [0.25, 0.3) is 0 Å². The van der Waals surface area contributed by atoms with Crippen LogP contribution in [0, 0.1) is 15.9 Å². The smallest absolute Gasteiger partial charge is 0.311 e. The minimum absolute atomic E-state index is 0.341. The van der Waals surface area contributed by atoms with Gasteiger partial charge in [-0.3, -0.25) is 14.9 Å². The number of aromatic hydroxyl groups is 1. The van der Waals surface area contributed by atoms with E-state index in [0.29, 0.717) is 12.1 Å². The number of carboxylic acids is 1. The Hall–Kier alpha value is -2.18. The molecular weight excluding hydrogens is 209 g/mol. The molecule has 0 heterocycles. The molecule has 0 aliphatic carbocycles. The van der Waals surface area contributed by atoms with Crippen LogP contribution in [0.1, 0.15) is 5.56 Å². The van der Waals surface area contributed by atoms with Gasteiger partial charge in [-0.1, -0.05) is 0 Å². The number of rotatable bonds is 3. The minimum Gasteiger partial charge on any atom is -0.502 e. The van der Waals surface area contributed by atoms with Gasteiger partial charge < -0.3 is 10.2 Å². The third-order valence-electron chi connectivity index (χ3n) is 1.68. The predicted octanol–water partition coefficient (Wildman–Crippen LogP) is 1.07. The zero-order valence-corrected chi connectivity index (χ0v) is 7.31. The van der Waals surface area contributed by atoms with Crippen molar-refractivity contribution in [2.45, 2.75) is 6.42 Å². The second-order valence-electron chi connectivity index (χ2n) is 2.76. The van der Waals surface area contributed by atoms with Crippen molar-refractivity contribution in [3.8, 4) is 5.75 Å². The molecule has 1 rings (SSSR count). The number of nitro groups is 1. The first-order valence-electron chi connectivity index (χ1n) is 3.79. The number of carboxylic acid groups (broad SMARTS) is 1. The van der Waals surface area contributed by atoms with Crippen LogP contribution in [0.15, 0.2) is 12.1 Å². The minimum atomic E-state index is -1.31. The van der Waals surface area contributed by atoms with Gasteiger partial charge in [0, 0.05) is 17.7 Å². The molecule has 0 bridgehead atoms. The molecule has 0 unspecified atom stereocenters. The quantitative estimate of drug-likeness (QED) is 0.580. The number of phenolic OH excluding ortho intramolecular Hbond substituents is 1. The van der Waals surface area contributed by atoms with Crippen LogP contribution in [0.5, 0.6) is 5.75 Å². The number of phenols is 1. The Morgan fingerprint density at radius 2 is 2.13 bits per heavy atom. The molecule has 2 N–H and O–H groups in total. The van der Waals surface area contributed by atoms with Crippen molar-refractivity contribution in [2.75, 3.05) is 0 Å². The average Bonchev–Trinajstić information content (AvgIpc) is 2.08. The first kappa shape index (κ1) is 10.9. The molecule has 1 aromatic rings. The molecule has 6 nitrogen and oxygen atoms in total. The van der Waals surface area contributed by atoms with Crippen molar-refractivity contribution in [3.63, 3.8) is 0 Å². The highest BCUT2D eigenvalue weighted by molar-refractivity contribution is 5.71. The second-order valence-corrected chi connectivity index (χ2v) is 2.76. The first-order chi connectivity index (χ1) is 6.91. The van der Waals surface area contributed by atoms with Gasteiger partial charge in [-0.2, -0.15) is 0 Å². The molecular formula is C8H6FNO5. The van der Waals surface area contributed by atoms with Crippen molar-refractivity contribution in [1.29, 1.82) is 0 Å². The van der Waals surface area contributed by atoms with Crippen LogP contribution in [0.2, 0.25) is 0 Å². The highest BCUT2D eigenvalue weighted by Gasteiger charge is 2.18. The van der Waals surface area contributed by atoms with Gasteiger partial charge in [-0.05, 0) is 0 Å². The number of nitro benzene ring substituents is 1. The highest BCUT2D eigenvalue weighted by atomic mass is 19.1. The fraction of sp³-hybridized carbons (Fsp3) is 0.125. The number of benzene rings is 1. The Morgan fingerprint density at radius 1 is 1.53 bits per heavy atom. The molecule has 1 aromatic carbocycles. The maximum absolute atomic E-state index is 13.0. The fourth-order valence-corrected chi connectivity index (χ4v) is 1.04. The maximum atomic E-state index is 13.0. The number of hydrogen-bond donors (Lipinski definition) is 2. The van der Waals surface area contributed by atoms with Crippen molar-refractivity contribution in [1.82, 2.24) is 0 Å². The fourth-order valence-electron chi connectivity index (χ4n) is 1.04. The van der Waals surface area contributed by atoms with Gasteiger partial charge in [-0.25, -0.2) is 4.39 Å². The molecule has 0 aliphatic heterocycles. The molecule has 0 aromatic heterocycles. The van der Waals surface area contributed by atoms with E-state index in [1.807, 2.05) is 0 Å². The van der Waals surface area contributed by atoms with Crippen LogP contribution < -0.4 is 0 Å². The molecule has 0 aliphatic rings. The summed E-state index contributed by atoms with van der Waals surface area (Å²) in [4.78, 5) is 19.7. The number of aliphatic carboxylic acids is 1. The summed E-state index contributed by atoms with van der Waals surface area (Å²) in [7, 11) is 0. The molecule has 0 radical (unpaired) electrons. The number of nitrogens with zero attached hydrogens (tertiary/aromatic N) is 1. The van der Waals surface area contributed by atoms with Crippen LogP contribution in [0.3, 0.4) is 0 Å². The van der Waals surface area contributed by atoms with Crippen LogP contribution in [0.4, 0.5) is 10.1 Å². The monoisotopic (exact) mass is 215 g/mol. The van der Waals surface area contributed by atoms with E-state index in [1.165, 1.54) is 0 Å². The summed E-state index contributed by atoms with van der Waals surface area (Å²) in [5.74, 6) is -3.12. The lowest BCUT2D eigenvalue weighted by molar-refractivity contribution is -0.386. The SMILES string of the molecule is O=C(O)Cc1cc([N+](=O)[O-])c(O)cc1F. The third-order valence-corrected chi connectivity index (χ3v) is 1.68. The summed E-state index contributed by atoms with van der Waals surface area (Å²) in [5.41, 5.74) is -1.06. The van der Waals surface area contributed by atoms with Crippen molar-refractivity contribution < 1.29 is 24.3 Å². The van der Waals surface area contributed by atoms with Gasteiger partial charge in [0.05, 0.1) is 11.3 Å². The Labute approximate surface area is 82.7 Å². The normalized spacial score (nSPS) is 9.93. The molecule has 0 saturated carbocycles. The summed E-state index contributed by atoms with van der Waals surface area (Å²) >= 11 is 0. The van der Waals surface area contributed by atoms with E-state index in [1.54, 1.807) is 0 Å². The largest absolute Gasteiger partial charge is 0.502 e. The van der Waals surface area contributed by atoms with E-state index >= 15 is 0 Å². The van der Waals surface area contributed by atoms with Crippen molar-refractivity contribution in [2.24, 2.45) is 0 Å². The maximum Gasteiger partial charge on any atom is 0.311 e. The van der Waals surface area contributed by atoms with Crippen LogP contribution in [0.25, 0.3) is 0 Å². The molecule has 0 fully saturated rings. The summed E-state index contributed by atoms with van der Waals surface area (Å²) in [6.45, 7) is 0. The summed E-state index contributed by atoms with van der Waals surface area (Å²) in [6.07, 6.45) is -0.674. The Balaban J connectivity index is 3.23. The van der Waals surface area contributed by atoms with Gasteiger partial charge in [0.2, 0.25) is 0 Å². The summed E-state index contributed by atoms with van der Waals surface area (Å²) in [5, 5.41) is 27.7. The lowest BCUT2D eigenvalue weighted by Gasteiger charge is -2.01. The number of hydrogen-bond acceptors (Lipinski definition) is 4. The van der Waals surface area contributed by atoms with Crippen molar-refractivity contribution in [3.05, 3.63) is 33.6 Å². The Morgan fingerprint density at radius 3 is 2.60 bits per heavy atom. The Kier molecular flexibility index (Phi) is 2.84. The van der Waals surface area contributed by atoms with E-state index in [-0.39, 0.29) is 5.56 Å². The number of carbonyl (C=O) groups is 1. The van der Waals surface area contributed by atoms with Gasteiger partial charge in [-0.15, -0.1) is 0 Å². The second kappa shape index (κ2) is 3.91. The van der Waals surface area contributed by atoms with Crippen LogP contribution in [-0.2, 0) is 11.2 Å². The van der Waals surface area contributed by atoms with E-state index in [2.05, 4.69) is 0 Å². The topological polar surface area (TPSA) is 101 Å². The molecule has 7 heteroatoms. The van der Waals surface area contributed by atoms with Crippen LogP contribution in [-0.4, -0.2) is 21.1 Å². The highest BCUT2D eigenvalue weighted by Crippen LogP contribution is 2.28. The van der Waals surface area contributed by atoms with Gasteiger partial charge in [0.1, 0.15) is 5.82 Å². The van der Waals surface area contributed by atoms with Gasteiger partial charge in [0.15, 0.2) is 5.75 Å². The summed E-state index contributed by atoms with van der Waals surface area (Å²) < 4.78 is 13.0. The predicted molar refractivity (Wildman–Crippen MR) is 46.1 cm³/mol. The van der Waals surface area contributed by atoms with E-state index < -0.39 is 34.6 Å². The molecule has 0 atom stereocenters. The van der Waals surface area contributed by atoms with Crippen LogP contribution >= 0.6 is 0 Å². The number of halogens is 1. The van der Waals surface area contributed by atoms with Crippen molar-refractivity contribution >= 4 is 11.7 Å². The lowest BCUT2D eigenvalue weighted by Crippen LogP contribution is -2.03. The molecule has 80 valence electrons. The Bertz CT molecular complexity index is 431. The molecule has 0 amide bonds. The lowest BCUT2D eigenvalue weighted by atomic mass is 10.1. The molecule has 0 spiro atoms. The standard InChI is InChI=1S/C8H6FNO5/c9-5-3-7(11)6(10(14)15)1-4(5)2-8(12)13/h1,3,11H,2H2,(H,12,13). The van der Waals surface area contributed by atoms with E-state index in [9.17, 15) is 19.3 Å². The zero-order valence-electron chi connectivity index (χ0n) is 7.31. The third kappa shape index (κ3) is 2.39.